The van der Waals surface area contributed by atoms with Crippen molar-refractivity contribution in [2.75, 3.05) is 0 Å². The van der Waals surface area contributed by atoms with E-state index in [2.05, 4.69) is 66.1 Å². The molecule has 4 aromatic rings. The molecule has 0 saturated carbocycles. The highest BCUT2D eigenvalue weighted by Gasteiger charge is 2.24. The van der Waals surface area contributed by atoms with Gasteiger partial charge >= 0.3 is 7.82 Å². The molecule has 0 aliphatic carbocycles. The Hall–Kier alpha value is -2.09. The van der Waals surface area contributed by atoms with Gasteiger partial charge in [-0.05, 0) is 33.0 Å². The van der Waals surface area contributed by atoms with Crippen molar-refractivity contribution in [1.29, 1.82) is 0 Å². The monoisotopic (exact) mass is 501 g/mol. The first-order chi connectivity index (χ1) is 12.5. The summed E-state index contributed by atoms with van der Waals surface area (Å²) in [7, 11) is -4.15. The van der Waals surface area contributed by atoms with E-state index in [-0.39, 0.29) is 18.2 Å². The number of nitrogens with zero attached hydrogens (tertiary/aromatic N) is 6. The zero-order valence-corrected chi connectivity index (χ0v) is 17.0. The predicted molar refractivity (Wildman–Crippen MR) is 99.4 cm³/mol. The third kappa shape index (κ3) is 7.58. The molecule has 0 fully saturated rings. The number of fused-ring (bicyclic) bond motifs is 1. The SMILES string of the molecule is Cl.O=P(O)(OBr)Oc1c[nH]c2cccc(Cl)c12.c1nnn[nH]1.c1nnn[nH]1. The molecule has 4 N–H and O–H groups in total. The summed E-state index contributed by atoms with van der Waals surface area (Å²) in [5, 5.41) is 25.1. The second-order valence-corrected chi connectivity index (χ2v) is 6.60. The van der Waals surface area contributed by atoms with Gasteiger partial charge in [0.2, 0.25) is 0 Å². The van der Waals surface area contributed by atoms with Crippen molar-refractivity contribution in [2.45, 2.75) is 0 Å². The van der Waals surface area contributed by atoms with E-state index in [0.29, 0.717) is 15.9 Å². The quantitative estimate of drug-likeness (QED) is 0.303. The molecule has 0 aliphatic rings. The standard InChI is InChI=1S/C8H6BrClNO4P.2CH2N4.ClH/c9-15-16(12,13)14-7-4-11-6-3-1-2-5(10)8(6)7;2*1-2-4-5-3-1;/h1-4,11H,(H,12,13);2*1H,(H,2,3,4,5);1H. The molecule has 1 atom stereocenters. The molecule has 3 heterocycles. The molecular weight excluding hydrogens is 492 g/mol. The van der Waals surface area contributed by atoms with Gasteiger partial charge in [-0.2, -0.15) is 3.62 Å². The van der Waals surface area contributed by atoms with E-state index in [4.69, 9.17) is 21.0 Å². The van der Waals surface area contributed by atoms with Gasteiger partial charge in [0.1, 0.15) is 28.9 Å². The van der Waals surface area contributed by atoms with Crippen molar-refractivity contribution in [3.05, 3.63) is 42.1 Å². The zero-order valence-electron chi connectivity index (χ0n) is 12.9. The molecule has 1 aromatic carbocycles. The zero-order chi connectivity index (χ0) is 18.8. The maximum Gasteiger partial charge on any atom is 0.538 e. The van der Waals surface area contributed by atoms with Crippen LogP contribution in [0.3, 0.4) is 0 Å². The number of benzene rings is 1. The van der Waals surface area contributed by atoms with Gasteiger partial charge in [0.25, 0.3) is 0 Å². The van der Waals surface area contributed by atoms with Crippen molar-refractivity contribution in [2.24, 2.45) is 0 Å². The number of tetrazole rings is 2. The Labute approximate surface area is 170 Å². The number of halogens is 3. The minimum atomic E-state index is -4.15. The average Bonchev–Trinajstić information content (AvgIpc) is 3.40. The first-order valence-electron chi connectivity index (χ1n) is 6.46. The Kier molecular flexibility index (Phi) is 9.85. The topological polar surface area (TPSA) is 180 Å². The molecule has 0 amide bonds. The number of phosphoric acid groups is 1. The van der Waals surface area contributed by atoms with E-state index >= 15 is 0 Å². The van der Waals surface area contributed by atoms with Gasteiger partial charge in [-0.25, -0.2) is 14.8 Å². The lowest BCUT2D eigenvalue weighted by molar-refractivity contribution is 0.313. The van der Waals surface area contributed by atoms with E-state index < -0.39 is 7.82 Å². The molecule has 0 spiro atoms. The maximum absolute atomic E-state index is 11.2. The van der Waals surface area contributed by atoms with Gasteiger partial charge in [0.05, 0.1) is 15.9 Å². The highest BCUT2D eigenvalue weighted by atomic mass is 79.9. The number of nitrogens with one attached hydrogen (secondary N) is 3. The largest absolute Gasteiger partial charge is 0.538 e. The highest BCUT2D eigenvalue weighted by Crippen LogP contribution is 2.48. The Morgan fingerprint density at radius 1 is 1.15 bits per heavy atom. The van der Waals surface area contributed by atoms with Crippen molar-refractivity contribution in [1.82, 2.24) is 46.2 Å². The maximum atomic E-state index is 11.2. The lowest BCUT2D eigenvalue weighted by Crippen LogP contribution is -1.90. The number of hydrogen-bond acceptors (Lipinski definition) is 9. The molecule has 1 unspecified atom stereocenters. The number of aromatic amines is 3. The van der Waals surface area contributed by atoms with Crippen molar-refractivity contribution in [3.8, 4) is 5.75 Å². The second kappa shape index (κ2) is 11.6. The van der Waals surface area contributed by atoms with Crippen LogP contribution in [-0.4, -0.2) is 51.1 Å². The Bertz CT molecular complexity index is 879. The summed E-state index contributed by atoms with van der Waals surface area (Å²) >= 11 is 8.37. The summed E-state index contributed by atoms with van der Waals surface area (Å²) in [5.74, 6) is 0.158. The fourth-order valence-corrected chi connectivity index (χ4v) is 2.44. The minimum Gasteiger partial charge on any atom is -0.401 e. The van der Waals surface area contributed by atoms with Crippen LogP contribution in [0, 0.1) is 0 Å². The third-order valence-electron chi connectivity index (χ3n) is 2.46. The second-order valence-electron chi connectivity index (χ2n) is 4.07. The Balaban J connectivity index is 0.000000270. The van der Waals surface area contributed by atoms with Crippen molar-refractivity contribution < 1.29 is 17.6 Å². The van der Waals surface area contributed by atoms with E-state index in [0.717, 1.165) is 0 Å². The van der Waals surface area contributed by atoms with Gasteiger partial charge < -0.3 is 9.51 Å². The normalized spacial score (nSPS) is 11.8. The lowest BCUT2D eigenvalue weighted by Gasteiger charge is -2.07. The van der Waals surface area contributed by atoms with E-state index in [1.54, 1.807) is 18.2 Å². The highest BCUT2D eigenvalue weighted by molar-refractivity contribution is 9.06. The molecule has 13 nitrogen and oxygen atoms in total. The first-order valence-corrected chi connectivity index (χ1v) is 8.98. The number of hydrogen-bond donors (Lipinski definition) is 4. The number of phosphoric ester groups is 1. The fourth-order valence-electron chi connectivity index (χ4n) is 1.58. The van der Waals surface area contributed by atoms with Crippen LogP contribution < -0.4 is 4.52 Å². The van der Waals surface area contributed by atoms with Crippen molar-refractivity contribution in [3.63, 3.8) is 0 Å². The molecule has 3 aromatic heterocycles. The molecule has 146 valence electrons. The van der Waals surface area contributed by atoms with E-state index in [1.165, 1.54) is 18.9 Å². The molecule has 0 saturated heterocycles. The molecule has 17 heteroatoms. The van der Waals surface area contributed by atoms with Gasteiger partial charge in [-0.3, -0.25) is 4.89 Å². The molecular formula is C10H11BrCl2N9O4P. The summed E-state index contributed by atoms with van der Waals surface area (Å²) in [6, 6.07) is 5.18. The van der Waals surface area contributed by atoms with Crippen molar-refractivity contribution >= 4 is 59.0 Å². The van der Waals surface area contributed by atoms with Crippen LogP contribution in [0.4, 0.5) is 0 Å². The Morgan fingerprint density at radius 2 is 1.78 bits per heavy atom. The van der Waals surface area contributed by atoms with Crippen LogP contribution in [0.25, 0.3) is 10.9 Å². The summed E-state index contributed by atoms with van der Waals surface area (Å²) in [6.07, 6.45) is 4.24. The Morgan fingerprint density at radius 3 is 2.22 bits per heavy atom. The van der Waals surface area contributed by atoms with Gasteiger partial charge in [0.15, 0.2) is 5.75 Å². The van der Waals surface area contributed by atoms with Crippen LogP contribution >= 0.6 is 48.1 Å². The molecule has 0 aliphatic heterocycles. The fraction of sp³-hybridized carbons (Fsp3) is 0. The molecule has 0 bridgehead atoms. The smallest absolute Gasteiger partial charge is 0.401 e. The molecule has 27 heavy (non-hydrogen) atoms. The van der Waals surface area contributed by atoms with Crippen LogP contribution in [0.2, 0.25) is 5.02 Å². The van der Waals surface area contributed by atoms with Crippen LogP contribution in [0.1, 0.15) is 0 Å². The number of rotatable bonds is 3. The van der Waals surface area contributed by atoms with Gasteiger partial charge in [0, 0.05) is 6.20 Å². The average molecular weight is 503 g/mol. The molecule has 0 radical (unpaired) electrons. The van der Waals surface area contributed by atoms with E-state index in [1.807, 2.05) is 0 Å². The van der Waals surface area contributed by atoms with Crippen LogP contribution in [-0.2, 0) is 8.18 Å². The third-order valence-corrected chi connectivity index (χ3v) is 4.47. The predicted octanol–water partition coefficient (Wildman–Crippen LogP) is 2.45. The number of aromatic nitrogens is 9. The van der Waals surface area contributed by atoms with Crippen LogP contribution in [0.15, 0.2) is 37.1 Å². The molecule has 4 rings (SSSR count). The van der Waals surface area contributed by atoms with Crippen LogP contribution in [0.5, 0.6) is 5.75 Å². The number of H-pyrrole nitrogens is 3. The summed E-state index contributed by atoms with van der Waals surface area (Å²) in [5.41, 5.74) is 0.706. The lowest BCUT2D eigenvalue weighted by atomic mass is 10.2. The first kappa shape index (κ1) is 23.0. The summed E-state index contributed by atoms with van der Waals surface area (Å²) < 4.78 is 20.2. The minimum absolute atomic E-state index is 0. The summed E-state index contributed by atoms with van der Waals surface area (Å²) in [4.78, 5) is 12.0. The van der Waals surface area contributed by atoms with Gasteiger partial charge in [-0.15, -0.1) is 22.6 Å². The summed E-state index contributed by atoms with van der Waals surface area (Å²) in [6.45, 7) is 0. The van der Waals surface area contributed by atoms with Gasteiger partial charge in [-0.1, -0.05) is 17.7 Å². The van der Waals surface area contributed by atoms with E-state index in [9.17, 15) is 4.57 Å².